The van der Waals surface area contributed by atoms with E-state index in [-0.39, 0.29) is 0 Å². The largest absolute Gasteiger partial charge is 0.496 e. The van der Waals surface area contributed by atoms with Gasteiger partial charge in [-0.3, -0.25) is 0 Å². The summed E-state index contributed by atoms with van der Waals surface area (Å²) in [5, 5.41) is 6.94. The summed E-state index contributed by atoms with van der Waals surface area (Å²) in [7, 11) is 1.68. The molecule has 1 aliphatic heterocycles. The average molecular weight is 299 g/mol. The molecule has 1 atom stereocenters. The van der Waals surface area contributed by atoms with Crippen LogP contribution in [0, 0.1) is 0 Å². The summed E-state index contributed by atoms with van der Waals surface area (Å²) in [5.74, 6) is 0.869. The molecule has 17 heavy (non-hydrogen) atoms. The summed E-state index contributed by atoms with van der Waals surface area (Å²) < 4.78 is 6.19. The Kier molecular flexibility index (Phi) is 4.68. The summed E-state index contributed by atoms with van der Waals surface area (Å²) >= 11 is 3.49. The van der Waals surface area contributed by atoms with Gasteiger partial charge >= 0.3 is 0 Å². The van der Waals surface area contributed by atoms with Gasteiger partial charge in [0.1, 0.15) is 5.75 Å². The number of hydrogen-bond acceptors (Lipinski definition) is 3. The highest BCUT2D eigenvalue weighted by atomic mass is 79.9. The lowest BCUT2D eigenvalue weighted by molar-refractivity contribution is 0.412. The molecule has 3 nitrogen and oxygen atoms in total. The number of hydrogen-bond donors (Lipinski definition) is 2. The second-order valence-corrected chi connectivity index (χ2v) is 5.21. The molecule has 0 bridgehead atoms. The number of methoxy groups -OCH3 is 1. The van der Waals surface area contributed by atoms with Crippen LogP contribution in [0.5, 0.6) is 5.75 Å². The van der Waals surface area contributed by atoms with Crippen molar-refractivity contribution in [2.75, 3.05) is 25.5 Å². The monoisotopic (exact) mass is 298 g/mol. The van der Waals surface area contributed by atoms with Crippen LogP contribution in [0.25, 0.3) is 0 Å². The second-order valence-electron chi connectivity index (χ2n) is 4.36. The first-order valence-electron chi connectivity index (χ1n) is 6.10. The Bertz CT molecular complexity index is 364. The molecule has 0 spiro atoms. The molecule has 0 amide bonds. The van der Waals surface area contributed by atoms with Crippen molar-refractivity contribution in [1.29, 1.82) is 0 Å². The molecule has 1 unspecified atom stereocenters. The molecule has 1 heterocycles. The van der Waals surface area contributed by atoms with E-state index in [1.54, 1.807) is 7.11 Å². The fraction of sp³-hybridized carbons (Fsp3) is 0.538. The minimum absolute atomic E-state index is 0.698. The topological polar surface area (TPSA) is 33.3 Å². The minimum Gasteiger partial charge on any atom is -0.496 e. The molecule has 1 aliphatic rings. The highest BCUT2D eigenvalue weighted by molar-refractivity contribution is 9.10. The van der Waals surface area contributed by atoms with Crippen LogP contribution in [0.1, 0.15) is 19.3 Å². The van der Waals surface area contributed by atoms with Crippen LogP contribution in [0.2, 0.25) is 0 Å². The molecule has 0 aliphatic carbocycles. The van der Waals surface area contributed by atoms with Gasteiger partial charge in [0.25, 0.3) is 0 Å². The zero-order chi connectivity index (χ0) is 12.1. The van der Waals surface area contributed by atoms with Crippen molar-refractivity contribution in [3.05, 3.63) is 22.7 Å². The predicted molar refractivity (Wildman–Crippen MR) is 74.8 cm³/mol. The average Bonchev–Trinajstić information content (AvgIpc) is 2.82. The fourth-order valence-electron chi connectivity index (χ4n) is 2.17. The molecule has 1 aromatic carbocycles. The minimum atomic E-state index is 0.698. The molecule has 0 saturated carbocycles. The van der Waals surface area contributed by atoms with Gasteiger partial charge in [-0.25, -0.2) is 0 Å². The summed E-state index contributed by atoms with van der Waals surface area (Å²) in [6.45, 7) is 2.19. The van der Waals surface area contributed by atoms with E-state index >= 15 is 0 Å². The molecule has 1 aromatic rings. The Morgan fingerprint density at radius 2 is 2.41 bits per heavy atom. The summed E-state index contributed by atoms with van der Waals surface area (Å²) in [5.41, 5.74) is 1.13. The van der Waals surface area contributed by atoms with E-state index in [1.807, 2.05) is 12.1 Å². The number of anilines is 1. The maximum absolute atomic E-state index is 5.20. The standard InChI is InChI=1S/C13H19BrN2O/c1-17-13-5-4-11(9-12(13)14)16-8-6-10-3-2-7-15-10/h4-5,9-10,15-16H,2-3,6-8H2,1H3. The molecule has 0 aromatic heterocycles. The van der Waals surface area contributed by atoms with Crippen molar-refractivity contribution in [1.82, 2.24) is 5.32 Å². The van der Waals surface area contributed by atoms with Crippen molar-refractivity contribution in [3.63, 3.8) is 0 Å². The first-order valence-corrected chi connectivity index (χ1v) is 6.89. The zero-order valence-electron chi connectivity index (χ0n) is 10.1. The molecule has 2 N–H and O–H groups in total. The molecule has 1 saturated heterocycles. The summed E-state index contributed by atoms with van der Waals surface area (Å²) in [6.07, 6.45) is 3.82. The van der Waals surface area contributed by atoms with Crippen LogP contribution >= 0.6 is 15.9 Å². The van der Waals surface area contributed by atoms with Crippen molar-refractivity contribution in [2.24, 2.45) is 0 Å². The lowest BCUT2D eigenvalue weighted by Gasteiger charge is -2.12. The van der Waals surface area contributed by atoms with E-state index in [9.17, 15) is 0 Å². The quantitative estimate of drug-likeness (QED) is 0.877. The normalized spacial score (nSPS) is 19.3. The van der Waals surface area contributed by atoms with Gasteiger partial charge in [0.2, 0.25) is 0 Å². The Morgan fingerprint density at radius 1 is 1.53 bits per heavy atom. The lowest BCUT2D eigenvalue weighted by Crippen LogP contribution is -2.24. The van der Waals surface area contributed by atoms with Crippen molar-refractivity contribution in [2.45, 2.75) is 25.3 Å². The third kappa shape index (κ3) is 3.61. The third-order valence-electron chi connectivity index (χ3n) is 3.14. The van der Waals surface area contributed by atoms with Crippen LogP contribution in [-0.4, -0.2) is 26.2 Å². The van der Waals surface area contributed by atoms with Gasteiger partial charge in [-0.15, -0.1) is 0 Å². The van der Waals surface area contributed by atoms with Gasteiger partial charge in [-0.1, -0.05) is 0 Å². The van der Waals surface area contributed by atoms with Crippen molar-refractivity contribution < 1.29 is 4.74 Å². The van der Waals surface area contributed by atoms with E-state index in [2.05, 4.69) is 32.6 Å². The Morgan fingerprint density at radius 3 is 3.06 bits per heavy atom. The predicted octanol–water partition coefficient (Wildman–Crippen LogP) is 3.01. The van der Waals surface area contributed by atoms with Gasteiger partial charge in [-0.05, 0) is 59.9 Å². The summed E-state index contributed by atoms with van der Waals surface area (Å²) in [6, 6.07) is 6.77. The highest BCUT2D eigenvalue weighted by Crippen LogP contribution is 2.27. The number of nitrogens with one attached hydrogen (secondary N) is 2. The van der Waals surface area contributed by atoms with Crippen LogP contribution in [0.3, 0.4) is 0 Å². The van der Waals surface area contributed by atoms with Gasteiger partial charge in [-0.2, -0.15) is 0 Å². The molecule has 1 fully saturated rings. The van der Waals surface area contributed by atoms with E-state index in [4.69, 9.17) is 4.74 Å². The first kappa shape index (κ1) is 12.7. The van der Waals surface area contributed by atoms with Gasteiger partial charge in [0.05, 0.1) is 11.6 Å². The molecule has 2 rings (SSSR count). The van der Waals surface area contributed by atoms with Crippen LogP contribution in [-0.2, 0) is 0 Å². The Balaban J connectivity index is 1.80. The van der Waals surface area contributed by atoms with Gasteiger partial charge in [0.15, 0.2) is 0 Å². The van der Waals surface area contributed by atoms with Crippen LogP contribution in [0.4, 0.5) is 5.69 Å². The maximum atomic E-state index is 5.20. The zero-order valence-corrected chi connectivity index (χ0v) is 11.7. The lowest BCUT2D eigenvalue weighted by atomic mass is 10.1. The third-order valence-corrected chi connectivity index (χ3v) is 3.76. The van der Waals surface area contributed by atoms with Gasteiger partial charge < -0.3 is 15.4 Å². The molecular formula is C13H19BrN2O. The van der Waals surface area contributed by atoms with E-state index in [1.165, 1.54) is 25.8 Å². The molecule has 0 radical (unpaired) electrons. The second kappa shape index (κ2) is 6.26. The van der Waals surface area contributed by atoms with Crippen LogP contribution in [0.15, 0.2) is 22.7 Å². The Labute approximate surface area is 111 Å². The SMILES string of the molecule is COc1ccc(NCCC2CCCN2)cc1Br. The van der Waals surface area contributed by atoms with Gasteiger partial charge in [0, 0.05) is 18.3 Å². The van der Waals surface area contributed by atoms with E-state index in [0.717, 1.165) is 22.5 Å². The van der Waals surface area contributed by atoms with Crippen molar-refractivity contribution >= 4 is 21.6 Å². The van der Waals surface area contributed by atoms with E-state index in [0.29, 0.717) is 6.04 Å². The highest BCUT2D eigenvalue weighted by Gasteiger charge is 2.12. The number of rotatable bonds is 5. The molecule has 4 heteroatoms. The van der Waals surface area contributed by atoms with Crippen molar-refractivity contribution in [3.8, 4) is 5.75 Å². The van der Waals surface area contributed by atoms with Crippen LogP contribution < -0.4 is 15.4 Å². The number of benzene rings is 1. The number of ether oxygens (including phenoxy) is 1. The summed E-state index contributed by atoms with van der Waals surface area (Å²) in [4.78, 5) is 0. The smallest absolute Gasteiger partial charge is 0.133 e. The molecular weight excluding hydrogens is 280 g/mol. The Hall–Kier alpha value is -0.740. The van der Waals surface area contributed by atoms with E-state index < -0.39 is 0 Å². The fourth-order valence-corrected chi connectivity index (χ4v) is 2.71. The molecule has 94 valence electrons. The first-order chi connectivity index (χ1) is 8.29. The maximum Gasteiger partial charge on any atom is 0.133 e. The number of halogens is 1.